The van der Waals surface area contributed by atoms with Crippen molar-refractivity contribution in [1.29, 1.82) is 0 Å². The van der Waals surface area contributed by atoms with Gasteiger partial charge in [0.1, 0.15) is 5.75 Å². The first-order chi connectivity index (χ1) is 14.1. The van der Waals surface area contributed by atoms with E-state index in [4.69, 9.17) is 4.74 Å². The van der Waals surface area contributed by atoms with Crippen molar-refractivity contribution in [2.75, 3.05) is 11.9 Å². The SMILES string of the molecule is CCOc1ccc(CCC(=O)NCc2cccc(NC(=O)C3CCCC3)c2)cc1. The van der Waals surface area contributed by atoms with Gasteiger partial charge in [-0.15, -0.1) is 0 Å². The van der Waals surface area contributed by atoms with Gasteiger partial charge in [-0.05, 0) is 61.6 Å². The maximum atomic E-state index is 12.3. The molecule has 0 atom stereocenters. The molecular weight excluding hydrogens is 364 g/mol. The van der Waals surface area contributed by atoms with Crippen molar-refractivity contribution in [2.45, 2.75) is 52.0 Å². The number of anilines is 1. The Kier molecular flexibility index (Phi) is 7.68. The van der Waals surface area contributed by atoms with E-state index in [9.17, 15) is 9.59 Å². The molecule has 1 aliphatic carbocycles. The molecule has 3 rings (SSSR count). The summed E-state index contributed by atoms with van der Waals surface area (Å²) in [5, 5.41) is 5.97. The second-order valence-electron chi connectivity index (χ2n) is 7.52. The summed E-state index contributed by atoms with van der Waals surface area (Å²) in [6.07, 6.45) is 5.37. The van der Waals surface area contributed by atoms with Gasteiger partial charge < -0.3 is 15.4 Å². The zero-order valence-corrected chi connectivity index (χ0v) is 17.1. The normalized spacial score (nSPS) is 13.8. The smallest absolute Gasteiger partial charge is 0.227 e. The Bertz CT molecular complexity index is 811. The van der Waals surface area contributed by atoms with Crippen LogP contribution < -0.4 is 15.4 Å². The molecule has 0 heterocycles. The Morgan fingerprint density at radius 3 is 2.52 bits per heavy atom. The van der Waals surface area contributed by atoms with Crippen molar-refractivity contribution >= 4 is 17.5 Å². The minimum atomic E-state index is 0.0132. The third-order valence-corrected chi connectivity index (χ3v) is 5.29. The van der Waals surface area contributed by atoms with Crippen molar-refractivity contribution in [2.24, 2.45) is 5.92 Å². The molecule has 2 amide bonds. The monoisotopic (exact) mass is 394 g/mol. The average molecular weight is 395 g/mol. The Morgan fingerprint density at radius 2 is 1.79 bits per heavy atom. The largest absolute Gasteiger partial charge is 0.494 e. The zero-order chi connectivity index (χ0) is 20.5. The minimum absolute atomic E-state index is 0.0132. The maximum Gasteiger partial charge on any atom is 0.227 e. The van der Waals surface area contributed by atoms with Crippen LogP contribution in [0.2, 0.25) is 0 Å². The maximum absolute atomic E-state index is 12.3. The summed E-state index contributed by atoms with van der Waals surface area (Å²) in [5.74, 6) is 1.11. The fourth-order valence-electron chi connectivity index (χ4n) is 3.66. The number of aryl methyl sites for hydroxylation is 1. The summed E-state index contributed by atoms with van der Waals surface area (Å²) in [4.78, 5) is 24.5. The first kappa shape index (κ1) is 20.9. The van der Waals surface area contributed by atoms with Crippen LogP contribution in [0.25, 0.3) is 0 Å². The highest BCUT2D eigenvalue weighted by Gasteiger charge is 2.22. The molecule has 0 unspecified atom stereocenters. The molecule has 0 spiro atoms. The molecule has 0 bridgehead atoms. The third kappa shape index (κ3) is 6.63. The number of hydrogen-bond donors (Lipinski definition) is 2. The van der Waals surface area contributed by atoms with Gasteiger partial charge in [-0.2, -0.15) is 0 Å². The van der Waals surface area contributed by atoms with Crippen LogP contribution >= 0.6 is 0 Å². The second-order valence-corrected chi connectivity index (χ2v) is 7.52. The number of hydrogen-bond acceptors (Lipinski definition) is 3. The second kappa shape index (κ2) is 10.6. The van der Waals surface area contributed by atoms with Crippen molar-refractivity contribution < 1.29 is 14.3 Å². The van der Waals surface area contributed by atoms with E-state index in [2.05, 4.69) is 10.6 Å². The Hall–Kier alpha value is -2.82. The number of carbonyl (C=O) groups is 2. The number of rotatable bonds is 9. The van der Waals surface area contributed by atoms with Crippen molar-refractivity contribution in [3.8, 4) is 5.75 Å². The van der Waals surface area contributed by atoms with Crippen LogP contribution in [0.1, 0.15) is 50.2 Å². The van der Waals surface area contributed by atoms with Crippen LogP contribution in [0.3, 0.4) is 0 Å². The van der Waals surface area contributed by atoms with Crippen molar-refractivity contribution in [3.05, 3.63) is 59.7 Å². The molecule has 1 aliphatic rings. The van der Waals surface area contributed by atoms with Crippen LogP contribution in [0.4, 0.5) is 5.69 Å². The van der Waals surface area contributed by atoms with Crippen LogP contribution in [0, 0.1) is 5.92 Å². The topological polar surface area (TPSA) is 67.4 Å². The van der Waals surface area contributed by atoms with Gasteiger partial charge in [-0.25, -0.2) is 0 Å². The molecule has 1 saturated carbocycles. The van der Waals surface area contributed by atoms with Crippen molar-refractivity contribution in [1.82, 2.24) is 5.32 Å². The van der Waals surface area contributed by atoms with Crippen LogP contribution in [-0.2, 0) is 22.6 Å². The predicted molar refractivity (Wildman–Crippen MR) is 115 cm³/mol. The van der Waals surface area contributed by atoms with E-state index in [1.54, 1.807) is 0 Å². The molecule has 2 aromatic carbocycles. The Morgan fingerprint density at radius 1 is 1.03 bits per heavy atom. The molecule has 1 fully saturated rings. The van der Waals surface area contributed by atoms with Gasteiger partial charge in [-0.3, -0.25) is 9.59 Å². The number of carbonyl (C=O) groups excluding carboxylic acids is 2. The first-order valence-electron chi connectivity index (χ1n) is 10.5. The van der Waals surface area contributed by atoms with Crippen LogP contribution in [0.15, 0.2) is 48.5 Å². The van der Waals surface area contributed by atoms with E-state index in [-0.39, 0.29) is 17.7 Å². The molecule has 2 N–H and O–H groups in total. The summed E-state index contributed by atoms with van der Waals surface area (Å²) in [7, 11) is 0. The van der Waals surface area contributed by atoms with Gasteiger partial charge in [0.05, 0.1) is 6.61 Å². The molecule has 5 nitrogen and oxygen atoms in total. The zero-order valence-electron chi connectivity index (χ0n) is 17.1. The summed E-state index contributed by atoms with van der Waals surface area (Å²) in [6, 6.07) is 15.5. The number of ether oxygens (including phenoxy) is 1. The van der Waals surface area contributed by atoms with Gasteiger partial charge >= 0.3 is 0 Å². The molecule has 29 heavy (non-hydrogen) atoms. The Labute approximate surface area is 172 Å². The van der Waals surface area contributed by atoms with E-state index in [1.807, 2.05) is 55.5 Å². The lowest BCUT2D eigenvalue weighted by Crippen LogP contribution is -2.23. The predicted octanol–water partition coefficient (Wildman–Crippen LogP) is 4.46. The summed E-state index contributed by atoms with van der Waals surface area (Å²) < 4.78 is 5.43. The highest BCUT2D eigenvalue weighted by molar-refractivity contribution is 5.92. The molecule has 2 aromatic rings. The molecule has 5 heteroatoms. The summed E-state index contributed by atoms with van der Waals surface area (Å²) in [5.41, 5.74) is 2.88. The standard InChI is InChI=1S/C24H30N2O3/c1-2-29-22-13-10-18(11-14-22)12-15-23(27)25-17-19-6-5-9-21(16-19)26-24(28)20-7-3-4-8-20/h5-6,9-11,13-14,16,20H,2-4,7-8,12,15,17H2,1H3,(H,25,27)(H,26,28). The average Bonchev–Trinajstić information content (AvgIpc) is 3.27. The van der Waals surface area contributed by atoms with Gasteiger partial charge in [0.2, 0.25) is 11.8 Å². The van der Waals surface area contributed by atoms with E-state index in [1.165, 1.54) is 0 Å². The fourth-order valence-corrected chi connectivity index (χ4v) is 3.66. The summed E-state index contributed by atoms with van der Waals surface area (Å²) >= 11 is 0. The van der Waals surface area contributed by atoms with E-state index in [0.29, 0.717) is 26.0 Å². The molecule has 0 aromatic heterocycles. The summed E-state index contributed by atoms with van der Waals surface area (Å²) in [6.45, 7) is 3.06. The quantitative estimate of drug-likeness (QED) is 0.660. The van der Waals surface area contributed by atoms with Gasteiger partial charge in [0.15, 0.2) is 0 Å². The van der Waals surface area contributed by atoms with Gasteiger partial charge in [0, 0.05) is 24.6 Å². The molecule has 0 aliphatic heterocycles. The number of nitrogens with one attached hydrogen (secondary N) is 2. The number of amides is 2. The number of benzene rings is 2. The van der Waals surface area contributed by atoms with Gasteiger partial charge in [-0.1, -0.05) is 37.1 Å². The molecule has 0 saturated heterocycles. The van der Waals surface area contributed by atoms with Crippen molar-refractivity contribution in [3.63, 3.8) is 0 Å². The lowest BCUT2D eigenvalue weighted by Gasteiger charge is -2.12. The first-order valence-corrected chi connectivity index (χ1v) is 10.5. The molecular formula is C24H30N2O3. The molecule has 154 valence electrons. The lowest BCUT2D eigenvalue weighted by atomic mass is 10.1. The van der Waals surface area contributed by atoms with Crippen LogP contribution in [-0.4, -0.2) is 18.4 Å². The van der Waals surface area contributed by atoms with Crippen LogP contribution in [0.5, 0.6) is 5.75 Å². The highest BCUT2D eigenvalue weighted by atomic mass is 16.5. The van der Waals surface area contributed by atoms with E-state index in [0.717, 1.165) is 48.2 Å². The third-order valence-electron chi connectivity index (χ3n) is 5.29. The Balaban J connectivity index is 1.43. The highest BCUT2D eigenvalue weighted by Crippen LogP contribution is 2.26. The molecule has 0 radical (unpaired) electrons. The fraction of sp³-hybridized carbons (Fsp3) is 0.417. The lowest BCUT2D eigenvalue weighted by molar-refractivity contribution is -0.121. The van der Waals surface area contributed by atoms with E-state index >= 15 is 0 Å². The minimum Gasteiger partial charge on any atom is -0.494 e. The van der Waals surface area contributed by atoms with E-state index < -0.39 is 0 Å². The van der Waals surface area contributed by atoms with Gasteiger partial charge in [0.25, 0.3) is 0 Å².